The Kier molecular flexibility index (Phi) is 2.53. The van der Waals surface area contributed by atoms with Crippen molar-refractivity contribution in [3.63, 3.8) is 0 Å². The van der Waals surface area contributed by atoms with Gasteiger partial charge in [0.1, 0.15) is 0 Å². The normalized spacial score (nSPS) is 28.3. The van der Waals surface area contributed by atoms with Gasteiger partial charge in [-0.2, -0.15) is 0 Å². The van der Waals surface area contributed by atoms with Crippen LogP contribution in [0.25, 0.3) is 0 Å². The molecule has 86 valence electrons. The summed E-state index contributed by atoms with van der Waals surface area (Å²) in [5, 5.41) is 3.01. The van der Waals surface area contributed by atoms with Gasteiger partial charge in [0.15, 0.2) is 0 Å². The Bertz CT molecular complexity index is 267. The first-order valence-corrected chi connectivity index (χ1v) is 5.99. The first-order valence-electron chi connectivity index (χ1n) is 5.99. The summed E-state index contributed by atoms with van der Waals surface area (Å²) in [6, 6.07) is 0.904. The Balaban J connectivity index is 1.80. The van der Waals surface area contributed by atoms with Crippen LogP contribution in [0.3, 0.4) is 0 Å². The van der Waals surface area contributed by atoms with Gasteiger partial charge in [-0.05, 0) is 34.1 Å². The van der Waals surface area contributed by atoms with E-state index in [9.17, 15) is 4.79 Å². The number of carbonyl (C=O) groups is 1. The zero-order valence-electron chi connectivity index (χ0n) is 10.2. The van der Waals surface area contributed by atoms with Gasteiger partial charge in [-0.1, -0.05) is 0 Å². The second-order valence-corrected chi connectivity index (χ2v) is 5.78. The van der Waals surface area contributed by atoms with Crippen LogP contribution >= 0.6 is 0 Å². The molecule has 0 aromatic heterocycles. The van der Waals surface area contributed by atoms with Crippen molar-refractivity contribution < 1.29 is 4.79 Å². The second kappa shape index (κ2) is 3.48. The maximum absolute atomic E-state index is 11.8. The maximum atomic E-state index is 11.8. The third-order valence-electron chi connectivity index (χ3n) is 3.70. The summed E-state index contributed by atoms with van der Waals surface area (Å²) in [6.45, 7) is 10.7. The summed E-state index contributed by atoms with van der Waals surface area (Å²) in [5.74, 6) is 0.573. The van der Waals surface area contributed by atoms with Gasteiger partial charge in [0, 0.05) is 36.5 Å². The molecule has 15 heavy (non-hydrogen) atoms. The van der Waals surface area contributed by atoms with Gasteiger partial charge >= 0.3 is 0 Å². The SMILES string of the molecule is CC(C)NC(=O)[C@@H]1CC12CN(C(C)C)C2. The van der Waals surface area contributed by atoms with E-state index in [2.05, 4.69) is 24.1 Å². The van der Waals surface area contributed by atoms with Gasteiger partial charge < -0.3 is 5.32 Å². The van der Waals surface area contributed by atoms with Gasteiger partial charge in [0.2, 0.25) is 5.91 Å². The lowest BCUT2D eigenvalue weighted by Gasteiger charge is -2.43. The summed E-state index contributed by atoms with van der Waals surface area (Å²) in [7, 11) is 0. The Morgan fingerprint density at radius 2 is 1.93 bits per heavy atom. The smallest absolute Gasteiger partial charge is 0.223 e. The number of carbonyl (C=O) groups excluding carboxylic acids is 1. The summed E-state index contributed by atoms with van der Waals surface area (Å²) in [4.78, 5) is 14.2. The first-order chi connectivity index (χ1) is 6.94. The largest absolute Gasteiger partial charge is 0.354 e. The average molecular weight is 210 g/mol. The fourth-order valence-corrected chi connectivity index (χ4v) is 2.58. The number of amides is 1. The van der Waals surface area contributed by atoms with Crippen molar-refractivity contribution in [1.82, 2.24) is 10.2 Å². The fourth-order valence-electron chi connectivity index (χ4n) is 2.58. The highest BCUT2D eigenvalue weighted by Crippen LogP contribution is 2.59. The molecule has 1 spiro atoms. The number of rotatable bonds is 3. The van der Waals surface area contributed by atoms with Crippen LogP contribution in [-0.2, 0) is 4.79 Å². The molecule has 0 aromatic carbocycles. The maximum Gasteiger partial charge on any atom is 0.223 e. The molecule has 1 aliphatic heterocycles. The molecule has 2 aliphatic rings. The quantitative estimate of drug-likeness (QED) is 0.760. The number of nitrogens with one attached hydrogen (secondary N) is 1. The Morgan fingerprint density at radius 1 is 1.33 bits per heavy atom. The number of nitrogens with zero attached hydrogens (tertiary/aromatic N) is 1. The average Bonchev–Trinajstić information content (AvgIpc) is 2.73. The minimum atomic E-state index is 0.272. The zero-order chi connectivity index (χ0) is 11.2. The molecule has 1 aliphatic carbocycles. The molecule has 0 radical (unpaired) electrons. The van der Waals surface area contributed by atoms with Crippen LogP contribution in [0, 0.1) is 11.3 Å². The van der Waals surface area contributed by atoms with Gasteiger partial charge in [-0.15, -0.1) is 0 Å². The number of likely N-dealkylation sites (tertiary alicyclic amines) is 1. The van der Waals surface area contributed by atoms with Crippen molar-refractivity contribution >= 4 is 5.91 Å². The standard InChI is InChI=1S/C12H22N2O/c1-8(2)13-11(15)10-5-12(10)6-14(7-12)9(3)4/h8-10H,5-7H2,1-4H3,(H,13,15)/t10-/m0/s1. The lowest BCUT2D eigenvalue weighted by molar-refractivity contribution is -0.124. The summed E-state index contributed by atoms with van der Waals surface area (Å²) < 4.78 is 0. The molecule has 3 nitrogen and oxygen atoms in total. The Labute approximate surface area is 92.2 Å². The van der Waals surface area contributed by atoms with Gasteiger partial charge in [0.25, 0.3) is 0 Å². The van der Waals surface area contributed by atoms with Crippen molar-refractivity contribution in [2.75, 3.05) is 13.1 Å². The van der Waals surface area contributed by atoms with E-state index in [1.807, 2.05) is 13.8 Å². The summed E-state index contributed by atoms with van der Waals surface area (Å²) in [5.41, 5.74) is 0.364. The molecule has 1 saturated heterocycles. The molecule has 0 unspecified atom stereocenters. The molecule has 0 bridgehead atoms. The summed E-state index contributed by atoms with van der Waals surface area (Å²) in [6.07, 6.45) is 1.11. The molecular weight excluding hydrogens is 188 g/mol. The fraction of sp³-hybridized carbons (Fsp3) is 0.917. The molecule has 1 heterocycles. The van der Waals surface area contributed by atoms with E-state index in [0.717, 1.165) is 19.5 Å². The van der Waals surface area contributed by atoms with Crippen LogP contribution in [0.4, 0.5) is 0 Å². The number of hydrogen-bond acceptors (Lipinski definition) is 2. The van der Waals surface area contributed by atoms with E-state index in [-0.39, 0.29) is 11.9 Å². The van der Waals surface area contributed by atoms with Crippen LogP contribution in [0.2, 0.25) is 0 Å². The molecule has 2 rings (SSSR count). The monoisotopic (exact) mass is 210 g/mol. The lowest BCUT2D eigenvalue weighted by atomic mass is 9.92. The number of hydrogen-bond donors (Lipinski definition) is 1. The third-order valence-corrected chi connectivity index (χ3v) is 3.70. The molecule has 0 aromatic rings. The molecule has 3 heteroatoms. The van der Waals surface area contributed by atoms with Crippen molar-refractivity contribution in [2.45, 2.75) is 46.2 Å². The lowest BCUT2D eigenvalue weighted by Crippen LogP contribution is -2.53. The van der Waals surface area contributed by atoms with Crippen molar-refractivity contribution in [1.29, 1.82) is 0 Å². The second-order valence-electron chi connectivity index (χ2n) is 5.78. The molecule has 1 atom stereocenters. The van der Waals surface area contributed by atoms with Gasteiger partial charge in [-0.3, -0.25) is 9.69 Å². The third kappa shape index (κ3) is 1.89. The molecule has 1 N–H and O–H groups in total. The first kappa shape index (κ1) is 10.9. The topological polar surface area (TPSA) is 32.3 Å². The van der Waals surface area contributed by atoms with Crippen LogP contribution in [0.5, 0.6) is 0 Å². The summed E-state index contributed by atoms with van der Waals surface area (Å²) >= 11 is 0. The highest BCUT2D eigenvalue weighted by atomic mass is 16.2. The van der Waals surface area contributed by atoms with E-state index < -0.39 is 0 Å². The van der Waals surface area contributed by atoms with E-state index >= 15 is 0 Å². The van der Waals surface area contributed by atoms with Gasteiger partial charge in [-0.25, -0.2) is 0 Å². The van der Waals surface area contributed by atoms with Crippen LogP contribution in [-0.4, -0.2) is 36.0 Å². The predicted molar refractivity (Wildman–Crippen MR) is 60.5 cm³/mol. The predicted octanol–water partition coefficient (Wildman–Crippen LogP) is 1.24. The van der Waals surface area contributed by atoms with Crippen LogP contribution in [0.1, 0.15) is 34.1 Å². The zero-order valence-corrected chi connectivity index (χ0v) is 10.2. The highest BCUT2D eigenvalue weighted by Gasteiger charge is 2.64. The molecule has 1 saturated carbocycles. The van der Waals surface area contributed by atoms with Gasteiger partial charge in [0.05, 0.1) is 0 Å². The van der Waals surface area contributed by atoms with Crippen LogP contribution < -0.4 is 5.32 Å². The van der Waals surface area contributed by atoms with E-state index in [1.54, 1.807) is 0 Å². The highest BCUT2D eigenvalue weighted by molar-refractivity contribution is 5.83. The van der Waals surface area contributed by atoms with Crippen LogP contribution in [0.15, 0.2) is 0 Å². The Hall–Kier alpha value is -0.570. The minimum absolute atomic E-state index is 0.272. The van der Waals surface area contributed by atoms with E-state index in [0.29, 0.717) is 17.4 Å². The van der Waals surface area contributed by atoms with E-state index in [4.69, 9.17) is 0 Å². The van der Waals surface area contributed by atoms with Crippen molar-refractivity contribution in [2.24, 2.45) is 11.3 Å². The van der Waals surface area contributed by atoms with Crippen molar-refractivity contribution in [3.8, 4) is 0 Å². The van der Waals surface area contributed by atoms with Crippen molar-refractivity contribution in [3.05, 3.63) is 0 Å². The molecule has 1 amide bonds. The minimum Gasteiger partial charge on any atom is -0.354 e. The van der Waals surface area contributed by atoms with E-state index in [1.165, 1.54) is 0 Å². The molecule has 2 fully saturated rings. The Morgan fingerprint density at radius 3 is 2.40 bits per heavy atom. The molecular formula is C12H22N2O.